The van der Waals surface area contributed by atoms with Gasteiger partial charge in [0.05, 0.1) is 0 Å². The van der Waals surface area contributed by atoms with Crippen molar-refractivity contribution in [1.82, 2.24) is 5.16 Å². The molecule has 0 saturated heterocycles. The fraction of sp³-hybridized carbons (Fsp3) is 0.571. The third-order valence-electron chi connectivity index (χ3n) is 2.11. The molecule has 1 heterocycles. The van der Waals surface area contributed by atoms with Crippen molar-refractivity contribution in [1.29, 1.82) is 0 Å². The lowest BCUT2D eigenvalue weighted by atomic mass is 10.1. The second-order valence-electron chi connectivity index (χ2n) is 3.67. The van der Waals surface area contributed by atoms with Gasteiger partial charge in [-0.3, -0.25) is 0 Å². The van der Waals surface area contributed by atoms with Gasteiger partial charge in [-0.2, -0.15) is 47.9 Å². The second kappa shape index (κ2) is 5.42. The number of alkyl halides is 9. The van der Waals surface area contributed by atoms with Crippen LogP contribution >= 0.6 is 15.9 Å². The number of rotatable bonds is 5. The Bertz CT molecular complexity index is 682. The number of hydrogen-bond acceptors (Lipinski definition) is 5. The van der Waals surface area contributed by atoms with E-state index in [1.165, 1.54) is 0 Å². The third-order valence-corrected chi connectivity index (χ3v) is 3.90. The maximum atomic E-state index is 13.2. The number of aromatic nitrogens is 1. The lowest BCUT2D eigenvalue weighted by Gasteiger charge is -2.32. The summed E-state index contributed by atoms with van der Waals surface area (Å²) in [6.45, 7) is 0. The van der Waals surface area contributed by atoms with Crippen molar-refractivity contribution < 1.29 is 56.6 Å². The van der Waals surface area contributed by atoms with Gasteiger partial charge in [0.1, 0.15) is 10.7 Å². The fourth-order valence-electron chi connectivity index (χ4n) is 0.944. The van der Waals surface area contributed by atoms with Crippen molar-refractivity contribution >= 4 is 26.0 Å². The summed E-state index contributed by atoms with van der Waals surface area (Å²) >= 11 is 2.40. The van der Waals surface area contributed by atoms with E-state index < -0.39 is 43.7 Å². The average Bonchev–Trinajstić information content (AvgIpc) is 2.72. The monoisotopic (exact) mass is 445 g/mol. The first-order chi connectivity index (χ1) is 9.99. The molecule has 0 unspecified atom stereocenters. The number of nitrogens with zero attached hydrogens (tertiary/aromatic N) is 1. The first kappa shape index (κ1) is 19.9. The van der Waals surface area contributed by atoms with E-state index >= 15 is 0 Å². The standard InChI is InChI=1S/C7HBrF9NO4S/c8-2-1-21-18-3(2)22-23(19,20)7(16,17)5(11,12)4(9,10)6(13,14)15/h1H. The highest BCUT2D eigenvalue weighted by atomic mass is 79.9. The summed E-state index contributed by atoms with van der Waals surface area (Å²) in [4.78, 5) is 0. The van der Waals surface area contributed by atoms with Crippen LogP contribution in [0.15, 0.2) is 15.3 Å². The minimum Gasteiger partial charge on any atom is -0.360 e. The molecule has 0 aliphatic rings. The first-order valence-corrected chi connectivity index (χ1v) is 6.93. The zero-order valence-corrected chi connectivity index (χ0v) is 12.2. The van der Waals surface area contributed by atoms with Gasteiger partial charge < -0.3 is 8.71 Å². The Labute approximate surface area is 128 Å². The van der Waals surface area contributed by atoms with E-state index in [0.717, 1.165) is 0 Å². The molecular weight excluding hydrogens is 445 g/mol. The van der Waals surface area contributed by atoms with Crippen LogP contribution in [0.4, 0.5) is 39.5 Å². The Morgan fingerprint density at radius 2 is 1.48 bits per heavy atom. The van der Waals surface area contributed by atoms with Crippen molar-refractivity contribution in [2.24, 2.45) is 0 Å². The van der Waals surface area contributed by atoms with Gasteiger partial charge in [0.25, 0.3) is 5.88 Å². The molecule has 0 aliphatic heterocycles. The molecule has 1 aromatic heterocycles. The van der Waals surface area contributed by atoms with Crippen molar-refractivity contribution in [3.05, 3.63) is 10.7 Å². The van der Waals surface area contributed by atoms with Crippen molar-refractivity contribution in [3.8, 4) is 5.88 Å². The van der Waals surface area contributed by atoms with Crippen LogP contribution in [-0.4, -0.2) is 36.9 Å². The van der Waals surface area contributed by atoms with Crippen LogP contribution in [0.25, 0.3) is 0 Å². The summed E-state index contributed by atoms with van der Waals surface area (Å²) in [5, 5.41) is -4.36. The van der Waals surface area contributed by atoms with E-state index in [1.807, 2.05) is 0 Å². The Balaban J connectivity index is 3.35. The highest BCUT2D eigenvalue weighted by Crippen LogP contribution is 2.55. The van der Waals surface area contributed by atoms with Crippen molar-refractivity contribution in [2.45, 2.75) is 23.3 Å². The largest absolute Gasteiger partial charge is 0.460 e. The van der Waals surface area contributed by atoms with E-state index in [1.54, 1.807) is 0 Å². The van der Waals surface area contributed by atoms with Crippen LogP contribution in [0, 0.1) is 0 Å². The maximum Gasteiger partial charge on any atom is 0.460 e. The van der Waals surface area contributed by atoms with Gasteiger partial charge in [-0.25, -0.2) is 0 Å². The van der Waals surface area contributed by atoms with E-state index in [9.17, 15) is 47.9 Å². The summed E-state index contributed by atoms with van der Waals surface area (Å²) < 4.78 is 142. The van der Waals surface area contributed by atoms with Crippen LogP contribution in [0.3, 0.4) is 0 Å². The van der Waals surface area contributed by atoms with Crippen LogP contribution in [0.2, 0.25) is 0 Å². The average molecular weight is 446 g/mol. The minimum absolute atomic E-state index is 0.519. The molecule has 23 heavy (non-hydrogen) atoms. The van der Waals surface area contributed by atoms with Crippen LogP contribution in [0.1, 0.15) is 0 Å². The molecule has 0 aromatic carbocycles. The SMILES string of the molecule is O=S(=O)(Oc1nocc1Br)C(F)(F)C(F)(F)C(F)(F)C(F)(F)F. The fourth-order valence-corrected chi connectivity index (χ4v) is 2.16. The first-order valence-electron chi connectivity index (χ1n) is 4.73. The van der Waals surface area contributed by atoms with Gasteiger partial charge in [0.15, 0.2) is 0 Å². The van der Waals surface area contributed by atoms with E-state index in [0.29, 0.717) is 6.26 Å². The lowest BCUT2D eigenvalue weighted by molar-refractivity contribution is -0.382. The predicted octanol–water partition coefficient (Wildman–Crippen LogP) is 3.57. The maximum absolute atomic E-state index is 13.2. The highest BCUT2D eigenvalue weighted by Gasteiger charge is 2.86. The molecule has 5 nitrogen and oxygen atoms in total. The zero-order valence-electron chi connectivity index (χ0n) is 9.85. The molecule has 0 N–H and O–H groups in total. The molecule has 16 heteroatoms. The molecule has 0 bridgehead atoms. The van der Waals surface area contributed by atoms with Gasteiger partial charge in [0, 0.05) is 0 Å². The smallest absolute Gasteiger partial charge is 0.360 e. The van der Waals surface area contributed by atoms with Crippen LogP contribution in [0.5, 0.6) is 5.88 Å². The van der Waals surface area contributed by atoms with E-state index in [2.05, 4.69) is 29.8 Å². The Kier molecular flexibility index (Phi) is 4.68. The van der Waals surface area contributed by atoms with E-state index in [-0.39, 0.29) is 0 Å². The summed E-state index contributed by atoms with van der Waals surface area (Å²) in [7, 11) is -7.02. The van der Waals surface area contributed by atoms with Gasteiger partial charge in [-0.1, -0.05) is 0 Å². The summed E-state index contributed by atoms with van der Waals surface area (Å²) in [6.07, 6.45) is -6.64. The molecule has 0 aliphatic carbocycles. The molecule has 0 atom stereocenters. The lowest BCUT2D eigenvalue weighted by Crippen LogP contribution is -2.63. The quantitative estimate of drug-likeness (QED) is 0.511. The van der Waals surface area contributed by atoms with Crippen molar-refractivity contribution in [2.75, 3.05) is 0 Å². The highest BCUT2D eigenvalue weighted by molar-refractivity contribution is 9.10. The van der Waals surface area contributed by atoms with Crippen LogP contribution in [-0.2, 0) is 10.1 Å². The molecule has 0 radical (unpaired) electrons. The van der Waals surface area contributed by atoms with E-state index in [4.69, 9.17) is 0 Å². The van der Waals surface area contributed by atoms with Gasteiger partial charge >= 0.3 is 33.4 Å². The van der Waals surface area contributed by atoms with Gasteiger partial charge in [-0.05, 0) is 21.1 Å². The Morgan fingerprint density at radius 3 is 1.83 bits per heavy atom. The molecule has 1 aromatic rings. The van der Waals surface area contributed by atoms with Gasteiger partial charge in [0.2, 0.25) is 0 Å². The summed E-state index contributed by atoms with van der Waals surface area (Å²) in [6, 6.07) is 0. The number of halogens is 10. The molecule has 0 amide bonds. The molecule has 0 saturated carbocycles. The predicted molar refractivity (Wildman–Crippen MR) is 54.6 cm³/mol. The molecular formula is C7HBrF9NO4S. The van der Waals surface area contributed by atoms with Crippen molar-refractivity contribution in [3.63, 3.8) is 0 Å². The zero-order chi connectivity index (χ0) is 18.5. The normalized spacial score (nSPS) is 14.9. The molecule has 0 spiro atoms. The molecule has 0 fully saturated rings. The Hall–Kier alpha value is -1.19. The summed E-state index contributed by atoms with van der Waals surface area (Å²) in [5.74, 6) is -16.2. The molecule has 1 rings (SSSR count). The molecule has 134 valence electrons. The Morgan fingerprint density at radius 1 is 1.00 bits per heavy atom. The summed E-state index contributed by atoms with van der Waals surface area (Å²) in [5.41, 5.74) is 0. The van der Waals surface area contributed by atoms with Crippen LogP contribution < -0.4 is 4.18 Å². The minimum atomic E-state index is -7.38. The topological polar surface area (TPSA) is 69.4 Å². The van der Waals surface area contributed by atoms with Gasteiger partial charge in [-0.15, -0.1) is 0 Å². The third kappa shape index (κ3) is 2.97. The number of hydrogen-bond donors (Lipinski definition) is 0. The second-order valence-corrected chi connectivity index (χ2v) is 6.11.